The molecule has 3 aromatic rings. The minimum absolute atomic E-state index is 0.00461. The molecule has 1 aromatic heterocycles. The summed E-state index contributed by atoms with van der Waals surface area (Å²) in [6.07, 6.45) is 15.3. The molecular weight excluding hydrogens is 649 g/mol. The van der Waals surface area contributed by atoms with Crippen LogP contribution in [0.25, 0.3) is 0 Å². The molecule has 0 radical (unpaired) electrons. The molecule has 7 rings (SSSR count). The number of Topliss-reactive ketones (excluding diaryl/α,β-unsaturated/α-hetero) is 1. The molecule has 1 fully saturated rings. The van der Waals surface area contributed by atoms with E-state index in [2.05, 4.69) is 51.6 Å². The number of carbonyl (C=O) groups is 2. The van der Waals surface area contributed by atoms with Crippen LogP contribution in [0.3, 0.4) is 0 Å². The molecule has 4 aliphatic rings. The van der Waals surface area contributed by atoms with Gasteiger partial charge in [-0.1, -0.05) is 35.9 Å². The van der Waals surface area contributed by atoms with Gasteiger partial charge < -0.3 is 14.4 Å². The van der Waals surface area contributed by atoms with Crippen molar-refractivity contribution >= 4 is 27.1 Å². The van der Waals surface area contributed by atoms with E-state index < -0.39 is 15.6 Å². The van der Waals surface area contributed by atoms with E-state index >= 15 is 0 Å². The lowest BCUT2D eigenvalue weighted by atomic mass is 9.68. The number of benzene rings is 2. The Balaban J connectivity index is 1.22. The normalized spacial score (nSPS) is 28.7. The topological polar surface area (TPSA) is 103 Å². The van der Waals surface area contributed by atoms with Crippen LogP contribution in [0.2, 0.25) is 0 Å². The van der Waals surface area contributed by atoms with Crippen LogP contribution in [0, 0.1) is 18.8 Å². The molecule has 9 nitrogen and oxygen atoms in total. The van der Waals surface area contributed by atoms with E-state index in [1.54, 1.807) is 24.1 Å². The first kappa shape index (κ1) is 34.7. The molecule has 0 saturated heterocycles. The van der Waals surface area contributed by atoms with Crippen molar-refractivity contribution in [1.29, 1.82) is 0 Å². The van der Waals surface area contributed by atoms with Gasteiger partial charge in [-0.15, -0.1) is 0 Å². The number of aryl methyl sites for hydroxylation is 3. The van der Waals surface area contributed by atoms with Crippen LogP contribution in [0.1, 0.15) is 78.4 Å². The lowest BCUT2D eigenvalue weighted by Gasteiger charge is -2.46. The Morgan fingerprint density at radius 2 is 2.06 bits per heavy atom. The summed E-state index contributed by atoms with van der Waals surface area (Å²) in [7, 11) is -1.35. The molecule has 2 aliphatic heterocycles. The summed E-state index contributed by atoms with van der Waals surface area (Å²) in [5.74, 6) is 0.844. The zero-order valence-corrected chi connectivity index (χ0v) is 30.2. The molecule has 0 N–H and O–H groups in total. The number of fused-ring (bicyclic) bond motifs is 4. The van der Waals surface area contributed by atoms with Crippen LogP contribution < -0.4 is 9.64 Å². The van der Waals surface area contributed by atoms with Crippen LogP contribution >= 0.6 is 0 Å². The number of aromatic nitrogens is 2. The first-order valence-electron chi connectivity index (χ1n) is 18.3. The summed E-state index contributed by atoms with van der Waals surface area (Å²) >= 11 is 0. The molecule has 2 aromatic carbocycles. The summed E-state index contributed by atoms with van der Waals surface area (Å²) in [5.41, 5.74) is 5.13. The number of ketones is 1. The van der Waals surface area contributed by atoms with Gasteiger partial charge in [0.25, 0.3) is 5.91 Å². The van der Waals surface area contributed by atoms with Crippen LogP contribution in [-0.4, -0.2) is 70.1 Å². The molecule has 10 heteroatoms. The second-order valence-electron chi connectivity index (χ2n) is 14.8. The molecule has 1 spiro atoms. The van der Waals surface area contributed by atoms with Crippen LogP contribution in [0.5, 0.6) is 5.75 Å². The average Bonchev–Trinajstić information content (AvgIpc) is 3.55. The first-order chi connectivity index (χ1) is 24.2. The third-order valence-corrected chi connectivity index (χ3v) is 13.5. The summed E-state index contributed by atoms with van der Waals surface area (Å²) < 4.78 is 33.2. The van der Waals surface area contributed by atoms with E-state index in [1.807, 2.05) is 24.4 Å². The van der Waals surface area contributed by atoms with Crippen LogP contribution in [0.4, 0.5) is 5.69 Å². The Morgan fingerprint density at radius 3 is 2.86 bits per heavy atom. The standard InChI is InChI=1S/C40H50N4O5S/c1-29-12-16-35-30(23-29)9-6-18-40(35)27-43-25-32-13-15-34(32)37(48-2)11-4-3-5-22-50(47,26-33(45)10-7-20-44-21-8-19-41-44)42-39(46)31-14-17-38(49-28-40)36(43)24-31/h4,8,11-12,14,16-17,19,21,23-24,32,34,37H,3,5-7,9-10,13,15,18,20,22,25-28H2,1-2H3/b11-4+/t32-,34+,37-,40-,50+/m0/s1. The number of allylic oxidation sites excluding steroid dienone is 1. The van der Waals surface area contributed by atoms with Gasteiger partial charge in [-0.25, -0.2) is 4.21 Å². The molecule has 266 valence electrons. The highest BCUT2D eigenvalue weighted by molar-refractivity contribution is 7.94. The predicted molar refractivity (Wildman–Crippen MR) is 196 cm³/mol. The third kappa shape index (κ3) is 7.47. The van der Waals surface area contributed by atoms with Gasteiger partial charge in [0, 0.05) is 62.3 Å². The van der Waals surface area contributed by atoms with Gasteiger partial charge in [-0.2, -0.15) is 9.46 Å². The van der Waals surface area contributed by atoms with Crippen LogP contribution in [0.15, 0.2) is 71.4 Å². The SMILES string of the molecule is CO[C@H]1/C=C/CCC[S@@](=O)(CC(=O)CCCn2cccn2)=NC(=O)c2ccc3c(c2)N(C[C@@H]2CC[C@H]21)C[C@@]1(CCCc2cc(C)ccc21)CO3. The Hall–Kier alpha value is -3.76. The zero-order chi connectivity index (χ0) is 34.7. The van der Waals surface area contributed by atoms with Crippen molar-refractivity contribution in [2.24, 2.45) is 16.2 Å². The first-order valence-corrected chi connectivity index (χ1v) is 20.2. The number of ether oxygens (including phenoxy) is 2. The van der Waals surface area contributed by atoms with Gasteiger partial charge in [-0.05, 0) is 106 Å². The van der Waals surface area contributed by atoms with Gasteiger partial charge in [0.15, 0.2) is 0 Å². The smallest absolute Gasteiger partial charge is 0.285 e. The van der Waals surface area contributed by atoms with Crippen molar-refractivity contribution in [3.05, 3.63) is 89.3 Å². The van der Waals surface area contributed by atoms with E-state index in [0.717, 1.165) is 56.6 Å². The van der Waals surface area contributed by atoms with Gasteiger partial charge >= 0.3 is 0 Å². The second kappa shape index (κ2) is 14.8. The highest BCUT2D eigenvalue weighted by Crippen LogP contribution is 2.47. The number of rotatable bonds is 7. The summed E-state index contributed by atoms with van der Waals surface area (Å²) in [5, 5.41) is 4.20. The van der Waals surface area contributed by atoms with Crippen molar-refractivity contribution in [1.82, 2.24) is 9.78 Å². The number of nitrogens with zero attached hydrogens (tertiary/aromatic N) is 4. The van der Waals surface area contributed by atoms with Gasteiger partial charge in [0.1, 0.15) is 11.5 Å². The van der Waals surface area contributed by atoms with Crippen molar-refractivity contribution in [2.75, 3.05) is 43.2 Å². The van der Waals surface area contributed by atoms with E-state index in [1.165, 1.54) is 16.7 Å². The molecule has 2 bridgehead atoms. The zero-order valence-electron chi connectivity index (χ0n) is 29.4. The predicted octanol–water partition coefficient (Wildman–Crippen LogP) is 6.71. The van der Waals surface area contributed by atoms with E-state index in [-0.39, 0.29) is 35.2 Å². The maximum absolute atomic E-state index is 14.3. The Bertz CT molecular complexity index is 1860. The fourth-order valence-electron chi connectivity index (χ4n) is 8.55. The maximum Gasteiger partial charge on any atom is 0.285 e. The highest BCUT2D eigenvalue weighted by atomic mass is 32.2. The van der Waals surface area contributed by atoms with Crippen LogP contribution in [-0.2, 0) is 37.6 Å². The quantitative estimate of drug-likeness (QED) is 0.253. The molecule has 5 atom stereocenters. The molecular formula is C40H50N4O5S. The lowest BCUT2D eigenvalue weighted by molar-refractivity contribution is -0.116. The highest BCUT2D eigenvalue weighted by Gasteiger charge is 2.44. The van der Waals surface area contributed by atoms with E-state index in [0.29, 0.717) is 49.8 Å². The summed E-state index contributed by atoms with van der Waals surface area (Å²) in [4.78, 5) is 29.5. The fourth-order valence-corrected chi connectivity index (χ4v) is 10.5. The van der Waals surface area contributed by atoms with E-state index in [4.69, 9.17) is 9.47 Å². The lowest BCUT2D eigenvalue weighted by Crippen LogP contribution is -2.49. The third-order valence-electron chi connectivity index (χ3n) is 11.3. The number of amides is 1. The molecule has 1 saturated carbocycles. The number of hydrogen-bond donors (Lipinski definition) is 0. The number of hydrogen-bond acceptors (Lipinski definition) is 7. The van der Waals surface area contributed by atoms with Gasteiger partial charge in [-0.3, -0.25) is 14.3 Å². The molecule has 2 aliphatic carbocycles. The fraction of sp³-hybridized carbons (Fsp3) is 0.525. The van der Waals surface area contributed by atoms with Gasteiger partial charge in [0.05, 0.1) is 33.9 Å². The summed E-state index contributed by atoms with van der Waals surface area (Å²) in [6, 6.07) is 14.2. The Labute approximate surface area is 296 Å². The second-order valence-corrected chi connectivity index (χ2v) is 17.3. The monoisotopic (exact) mass is 698 g/mol. The molecule has 0 unspecified atom stereocenters. The summed E-state index contributed by atoms with van der Waals surface area (Å²) in [6.45, 7) is 4.94. The van der Waals surface area contributed by atoms with Crippen molar-refractivity contribution < 1.29 is 23.3 Å². The molecule has 3 heterocycles. The minimum atomic E-state index is -3.13. The Morgan fingerprint density at radius 1 is 1.16 bits per heavy atom. The average molecular weight is 699 g/mol. The minimum Gasteiger partial charge on any atom is -0.490 e. The largest absolute Gasteiger partial charge is 0.490 e. The number of carbonyl (C=O) groups excluding carboxylic acids is 2. The number of anilines is 1. The Kier molecular flexibility index (Phi) is 10.3. The molecule has 1 amide bonds. The van der Waals surface area contributed by atoms with E-state index in [9.17, 15) is 13.8 Å². The van der Waals surface area contributed by atoms with Crippen molar-refractivity contribution in [3.8, 4) is 5.75 Å². The van der Waals surface area contributed by atoms with Gasteiger partial charge in [0.2, 0.25) is 0 Å². The number of methoxy groups -OCH3 is 1. The maximum atomic E-state index is 14.3. The van der Waals surface area contributed by atoms with Crippen molar-refractivity contribution in [2.45, 2.75) is 82.8 Å². The van der Waals surface area contributed by atoms with Crippen molar-refractivity contribution in [3.63, 3.8) is 0 Å². The molecule has 50 heavy (non-hydrogen) atoms.